The van der Waals surface area contributed by atoms with E-state index >= 15 is 0 Å². The van der Waals surface area contributed by atoms with Crippen molar-refractivity contribution in [3.05, 3.63) is 58.7 Å². The molecule has 0 unspecified atom stereocenters. The molecule has 9 heteroatoms. The summed E-state index contributed by atoms with van der Waals surface area (Å²) < 4.78 is 22.0. The van der Waals surface area contributed by atoms with E-state index in [4.69, 9.17) is 18.9 Å². The van der Waals surface area contributed by atoms with E-state index in [1.807, 2.05) is 19.9 Å². The van der Waals surface area contributed by atoms with Gasteiger partial charge >= 0.3 is 0 Å². The lowest BCUT2D eigenvalue weighted by Crippen LogP contribution is -2.39. The Morgan fingerprint density at radius 3 is 2.37 bits per heavy atom. The average molecular weight is 525 g/mol. The number of likely N-dealkylation sites (tertiary alicyclic amines) is 1. The molecular weight excluding hydrogens is 488 g/mol. The first-order valence-corrected chi connectivity index (χ1v) is 12.9. The van der Waals surface area contributed by atoms with Crippen molar-refractivity contribution in [2.75, 3.05) is 60.2 Å². The minimum atomic E-state index is -0.772. The summed E-state index contributed by atoms with van der Waals surface area (Å²) in [7, 11) is 3.12. The number of amides is 1. The number of hydrogen-bond donors (Lipinski definition) is 1. The van der Waals surface area contributed by atoms with Crippen LogP contribution in [0.2, 0.25) is 0 Å². The van der Waals surface area contributed by atoms with Gasteiger partial charge in [-0.05, 0) is 61.7 Å². The van der Waals surface area contributed by atoms with Gasteiger partial charge in [0.2, 0.25) is 0 Å². The molecule has 9 nitrogen and oxygen atoms in total. The second-order valence-electron chi connectivity index (χ2n) is 9.33. The summed E-state index contributed by atoms with van der Waals surface area (Å²) in [5.41, 5.74) is 1.95. The van der Waals surface area contributed by atoms with E-state index in [1.165, 1.54) is 0 Å². The van der Waals surface area contributed by atoms with E-state index < -0.39 is 17.7 Å². The molecular formula is C29H36N2O7. The Hall–Kier alpha value is -3.56. The number of aliphatic hydroxyl groups excluding tert-OH is 1. The summed E-state index contributed by atoms with van der Waals surface area (Å²) in [5.74, 6) is 0.162. The Bertz CT molecular complexity index is 1200. The van der Waals surface area contributed by atoms with E-state index in [1.54, 1.807) is 49.5 Å². The first-order chi connectivity index (χ1) is 18.4. The van der Waals surface area contributed by atoms with Gasteiger partial charge in [-0.3, -0.25) is 14.5 Å². The maximum absolute atomic E-state index is 13.4. The molecule has 2 aromatic carbocycles. The quantitative estimate of drug-likeness (QED) is 0.286. The number of nitrogens with zero attached hydrogens (tertiary/aromatic N) is 2. The van der Waals surface area contributed by atoms with Gasteiger partial charge in [0.05, 0.1) is 45.7 Å². The molecule has 1 amide bonds. The third-order valence-corrected chi connectivity index (χ3v) is 6.99. The topological polar surface area (TPSA) is 97.8 Å². The molecule has 1 N–H and O–H groups in total. The molecule has 2 fully saturated rings. The fraction of sp³-hybridized carbons (Fsp3) is 0.448. The van der Waals surface area contributed by atoms with Gasteiger partial charge in [-0.25, -0.2) is 0 Å². The van der Waals surface area contributed by atoms with Gasteiger partial charge < -0.3 is 29.0 Å². The predicted molar refractivity (Wildman–Crippen MR) is 143 cm³/mol. The van der Waals surface area contributed by atoms with Gasteiger partial charge in [-0.2, -0.15) is 0 Å². The van der Waals surface area contributed by atoms with Crippen molar-refractivity contribution in [3.8, 4) is 17.2 Å². The summed E-state index contributed by atoms with van der Waals surface area (Å²) in [6.45, 7) is 8.42. The lowest BCUT2D eigenvalue weighted by atomic mass is 9.94. The normalized spacial score (nSPS) is 19.6. The summed E-state index contributed by atoms with van der Waals surface area (Å²) >= 11 is 0. The first kappa shape index (κ1) is 27.5. The molecule has 2 aliphatic heterocycles. The number of hydrogen-bond acceptors (Lipinski definition) is 8. The second kappa shape index (κ2) is 12.3. The highest BCUT2D eigenvalue weighted by Crippen LogP contribution is 2.42. The van der Waals surface area contributed by atoms with Crippen LogP contribution in [0, 0.1) is 6.92 Å². The van der Waals surface area contributed by atoms with Crippen LogP contribution in [-0.2, 0) is 14.3 Å². The van der Waals surface area contributed by atoms with Crippen LogP contribution >= 0.6 is 0 Å². The molecule has 4 rings (SSSR count). The second-order valence-corrected chi connectivity index (χ2v) is 9.33. The Kier molecular flexibility index (Phi) is 8.91. The number of carbonyl (C=O) groups excluding carboxylic acids is 2. The summed E-state index contributed by atoms with van der Waals surface area (Å²) in [6.07, 6.45) is 0.680. The summed E-state index contributed by atoms with van der Waals surface area (Å²) in [6, 6.07) is 9.74. The van der Waals surface area contributed by atoms with Gasteiger partial charge in [0.25, 0.3) is 11.7 Å². The minimum Gasteiger partial charge on any atom is -0.507 e. The zero-order chi connectivity index (χ0) is 27.2. The van der Waals surface area contributed by atoms with E-state index in [9.17, 15) is 14.7 Å². The highest BCUT2D eigenvalue weighted by Gasteiger charge is 2.46. The number of aliphatic hydroxyl groups is 1. The zero-order valence-corrected chi connectivity index (χ0v) is 22.5. The van der Waals surface area contributed by atoms with Crippen LogP contribution in [0.3, 0.4) is 0 Å². The third kappa shape index (κ3) is 5.63. The van der Waals surface area contributed by atoms with Gasteiger partial charge in [0.1, 0.15) is 11.5 Å². The molecule has 38 heavy (non-hydrogen) atoms. The minimum absolute atomic E-state index is 0.0529. The van der Waals surface area contributed by atoms with E-state index in [-0.39, 0.29) is 11.3 Å². The zero-order valence-electron chi connectivity index (χ0n) is 22.5. The molecule has 2 saturated heterocycles. The van der Waals surface area contributed by atoms with Crippen LogP contribution in [0.4, 0.5) is 0 Å². The van der Waals surface area contributed by atoms with Crippen LogP contribution in [0.25, 0.3) is 5.76 Å². The van der Waals surface area contributed by atoms with E-state index in [0.717, 1.165) is 25.2 Å². The molecule has 1 atom stereocenters. The van der Waals surface area contributed by atoms with Crippen molar-refractivity contribution < 1.29 is 33.6 Å². The SMILES string of the molecule is CCOc1ccc([C@@H]2/C(=C(\O)c3ccc(OC)c(C)c3)C(=O)C(=O)N2CCCN2CCOCC2)cc1OC. The fourth-order valence-corrected chi connectivity index (χ4v) is 5.06. The summed E-state index contributed by atoms with van der Waals surface area (Å²) in [5, 5.41) is 11.4. The number of ether oxygens (including phenoxy) is 4. The number of aryl methyl sites for hydroxylation is 1. The molecule has 2 aromatic rings. The number of methoxy groups -OCH3 is 2. The van der Waals surface area contributed by atoms with Crippen LogP contribution < -0.4 is 14.2 Å². The van der Waals surface area contributed by atoms with Crippen LogP contribution in [0.1, 0.15) is 36.1 Å². The highest BCUT2D eigenvalue weighted by molar-refractivity contribution is 6.46. The Morgan fingerprint density at radius 1 is 1.00 bits per heavy atom. The smallest absolute Gasteiger partial charge is 0.295 e. The number of benzene rings is 2. The molecule has 0 radical (unpaired) electrons. The molecule has 2 aliphatic rings. The first-order valence-electron chi connectivity index (χ1n) is 12.9. The number of Topliss-reactive ketones (excluding diaryl/α,β-unsaturated/α-hetero) is 1. The monoisotopic (exact) mass is 524 g/mol. The third-order valence-electron chi connectivity index (χ3n) is 6.99. The van der Waals surface area contributed by atoms with Crippen molar-refractivity contribution in [2.24, 2.45) is 0 Å². The molecule has 0 saturated carbocycles. The lowest BCUT2D eigenvalue weighted by molar-refractivity contribution is -0.140. The maximum atomic E-state index is 13.4. The predicted octanol–water partition coefficient (Wildman–Crippen LogP) is 3.55. The van der Waals surface area contributed by atoms with Crippen molar-refractivity contribution in [2.45, 2.75) is 26.3 Å². The van der Waals surface area contributed by atoms with Gasteiger partial charge in [-0.1, -0.05) is 6.07 Å². The van der Waals surface area contributed by atoms with E-state index in [2.05, 4.69) is 4.90 Å². The van der Waals surface area contributed by atoms with Crippen LogP contribution in [0.15, 0.2) is 42.0 Å². The standard InChI is InChI=1S/C29H36N2O7/c1-5-38-23-10-7-20(18-24(23)36-4)26-25(27(32)21-8-9-22(35-3)19(2)17-21)28(33)29(34)31(26)12-6-11-30-13-15-37-16-14-30/h7-10,17-18,26,32H,5-6,11-16H2,1-4H3/b27-25+/t26-/m1/s1. The number of rotatable bonds is 10. The van der Waals surface area contributed by atoms with E-state index in [0.29, 0.717) is 61.2 Å². The van der Waals surface area contributed by atoms with Gasteiger partial charge in [-0.15, -0.1) is 0 Å². The van der Waals surface area contributed by atoms with Crippen molar-refractivity contribution >= 4 is 17.4 Å². The fourth-order valence-electron chi connectivity index (χ4n) is 5.06. The largest absolute Gasteiger partial charge is 0.507 e. The van der Waals surface area contributed by atoms with Crippen molar-refractivity contribution in [1.82, 2.24) is 9.80 Å². The summed E-state index contributed by atoms with van der Waals surface area (Å²) in [4.78, 5) is 30.6. The Balaban J connectivity index is 1.74. The van der Waals surface area contributed by atoms with Crippen LogP contribution in [-0.4, -0.2) is 86.8 Å². The average Bonchev–Trinajstić information content (AvgIpc) is 3.18. The lowest BCUT2D eigenvalue weighted by Gasteiger charge is -2.29. The molecule has 2 heterocycles. The van der Waals surface area contributed by atoms with Crippen molar-refractivity contribution in [1.29, 1.82) is 0 Å². The number of carbonyl (C=O) groups is 2. The van der Waals surface area contributed by atoms with Gasteiger partial charge in [0, 0.05) is 31.7 Å². The maximum Gasteiger partial charge on any atom is 0.295 e. The number of morpholine rings is 1. The molecule has 0 bridgehead atoms. The molecule has 204 valence electrons. The molecule has 0 spiro atoms. The Labute approximate surface area is 223 Å². The number of ketones is 1. The Morgan fingerprint density at radius 2 is 1.71 bits per heavy atom. The molecule has 0 aliphatic carbocycles. The van der Waals surface area contributed by atoms with Crippen LogP contribution in [0.5, 0.6) is 17.2 Å². The molecule has 0 aromatic heterocycles. The van der Waals surface area contributed by atoms with Crippen molar-refractivity contribution in [3.63, 3.8) is 0 Å². The highest BCUT2D eigenvalue weighted by atomic mass is 16.5. The van der Waals surface area contributed by atoms with Gasteiger partial charge in [0.15, 0.2) is 11.5 Å².